The molecule has 2 aromatic rings. The number of hydrogen-bond acceptors (Lipinski definition) is 6. The number of nitrogens with zero attached hydrogens (tertiary/aromatic N) is 1. The fraction of sp³-hybridized carbons (Fsp3) is 0.304. The van der Waals surface area contributed by atoms with E-state index in [1.807, 2.05) is 13.8 Å². The number of hydrogen-bond donors (Lipinski definition) is 1. The summed E-state index contributed by atoms with van der Waals surface area (Å²) in [6.07, 6.45) is 0. The van der Waals surface area contributed by atoms with E-state index in [9.17, 15) is 9.59 Å². The minimum absolute atomic E-state index is 0.145. The molecule has 7 nitrogen and oxygen atoms in total. The van der Waals surface area contributed by atoms with E-state index in [0.717, 1.165) is 0 Å². The first-order chi connectivity index (χ1) is 14.4. The van der Waals surface area contributed by atoms with Gasteiger partial charge in [0.05, 0.1) is 26.9 Å². The summed E-state index contributed by atoms with van der Waals surface area (Å²) in [4.78, 5) is 27.6. The van der Waals surface area contributed by atoms with Crippen molar-refractivity contribution in [3.05, 3.63) is 53.7 Å². The Balaban J connectivity index is 2.08. The van der Waals surface area contributed by atoms with Gasteiger partial charge in [-0.1, -0.05) is 26.0 Å². The average molecular weight is 410 g/mol. The summed E-state index contributed by atoms with van der Waals surface area (Å²) in [6.45, 7) is 4.27. The second kappa shape index (κ2) is 8.90. The van der Waals surface area contributed by atoms with Gasteiger partial charge in [0.1, 0.15) is 22.9 Å². The van der Waals surface area contributed by atoms with Crippen molar-refractivity contribution in [3.63, 3.8) is 0 Å². The lowest BCUT2D eigenvalue weighted by Crippen LogP contribution is -2.35. The molecule has 7 heteroatoms. The van der Waals surface area contributed by atoms with Crippen LogP contribution in [0.1, 0.15) is 19.4 Å². The first-order valence-corrected chi connectivity index (χ1v) is 9.63. The van der Waals surface area contributed by atoms with Crippen LogP contribution in [-0.2, 0) is 9.59 Å². The van der Waals surface area contributed by atoms with Crippen molar-refractivity contribution in [2.24, 2.45) is 5.92 Å². The van der Waals surface area contributed by atoms with Crippen LogP contribution in [0.5, 0.6) is 17.2 Å². The molecular weight excluding hydrogens is 384 g/mol. The van der Waals surface area contributed by atoms with Gasteiger partial charge >= 0.3 is 0 Å². The summed E-state index contributed by atoms with van der Waals surface area (Å²) in [7, 11) is 4.68. The number of ether oxygens (including phenoxy) is 3. The summed E-state index contributed by atoms with van der Waals surface area (Å²) < 4.78 is 15.8. The SMILES string of the molecule is COc1ccc(C2=C(Nc3cc(OC)cc(OC)c3)C(=O)N(CC(C)C)C2=O)cc1. The highest BCUT2D eigenvalue weighted by molar-refractivity contribution is 6.36. The van der Waals surface area contributed by atoms with Crippen LogP contribution in [0.4, 0.5) is 5.69 Å². The summed E-state index contributed by atoms with van der Waals surface area (Å²) in [5.41, 5.74) is 1.77. The maximum atomic E-state index is 13.2. The molecule has 0 unspecified atom stereocenters. The molecule has 3 rings (SSSR count). The van der Waals surface area contributed by atoms with Gasteiger partial charge in [-0.15, -0.1) is 0 Å². The average Bonchev–Trinajstić information content (AvgIpc) is 2.97. The number of nitrogens with one attached hydrogen (secondary N) is 1. The Hall–Kier alpha value is -3.48. The number of benzene rings is 2. The smallest absolute Gasteiger partial charge is 0.278 e. The zero-order valence-electron chi connectivity index (χ0n) is 17.8. The van der Waals surface area contributed by atoms with Gasteiger partial charge < -0.3 is 19.5 Å². The van der Waals surface area contributed by atoms with E-state index in [2.05, 4.69) is 5.32 Å². The number of imide groups is 1. The van der Waals surface area contributed by atoms with E-state index in [0.29, 0.717) is 40.6 Å². The molecule has 0 aliphatic carbocycles. The van der Waals surface area contributed by atoms with Crippen LogP contribution in [-0.4, -0.2) is 44.6 Å². The van der Waals surface area contributed by atoms with Gasteiger partial charge in [-0.3, -0.25) is 14.5 Å². The first-order valence-electron chi connectivity index (χ1n) is 9.63. The monoisotopic (exact) mass is 410 g/mol. The van der Waals surface area contributed by atoms with Crippen molar-refractivity contribution in [2.75, 3.05) is 33.2 Å². The molecule has 0 aromatic heterocycles. The molecule has 0 saturated heterocycles. The molecular formula is C23H26N2O5. The van der Waals surface area contributed by atoms with Crippen LogP contribution in [0, 0.1) is 5.92 Å². The minimum atomic E-state index is -0.360. The fourth-order valence-electron chi connectivity index (χ4n) is 3.27. The van der Waals surface area contributed by atoms with Crippen molar-refractivity contribution >= 4 is 23.1 Å². The molecule has 0 bridgehead atoms. The topological polar surface area (TPSA) is 77.1 Å². The molecule has 1 aliphatic heterocycles. The van der Waals surface area contributed by atoms with Crippen LogP contribution >= 0.6 is 0 Å². The molecule has 0 fully saturated rings. The number of carbonyl (C=O) groups excluding carboxylic acids is 2. The Kier molecular flexibility index (Phi) is 6.30. The van der Waals surface area contributed by atoms with Crippen LogP contribution in [0.25, 0.3) is 5.57 Å². The first kappa shape index (κ1) is 21.2. The lowest BCUT2D eigenvalue weighted by Gasteiger charge is -2.17. The molecule has 2 aromatic carbocycles. The van der Waals surface area contributed by atoms with Crippen LogP contribution in [0.2, 0.25) is 0 Å². The third-order valence-corrected chi connectivity index (χ3v) is 4.72. The van der Waals surface area contributed by atoms with Gasteiger partial charge in [0.25, 0.3) is 11.8 Å². The van der Waals surface area contributed by atoms with Gasteiger partial charge in [-0.05, 0) is 23.6 Å². The second-order valence-corrected chi connectivity index (χ2v) is 7.32. The molecule has 1 N–H and O–H groups in total. The Labute approximate surface area is 176 Å². The van der Waals surface area contributed by atoms with Gasteiger partial charge in [0, 0.05) is 30.4 Å². The van der Waals surface area contributed by atoms with Crippen molar-refractivity contribution in [1.29, 1.82) is 0 Å². The van der Waals surface area contributed by atoms with Crippen LogP contribution in [0.3, 0.4) is 0 Å². The van der Waals surface area contributed by atoms with E-state index < -0.39 is 0 Å². The zero-order valence-corrected chi connectivity index (χ0v) is 17.8. The Morgan fingerprint density at radius 3 is 1.90 bits per heavy atom. The summed E-state index contributed by atoms with van der Waals surface area (Å²) in [5, 5.41) is 3.13. The van der Waals surface area contributed by atoms with Crippen LogP contribution in [0.15, 0.2) is 48.2 Å². The number of amides is 2. The predicted octanol–water partition coefficient (Wildman–Crippen LogP) is 3.56. The molecule has 0 atom stereocenters. The van der Waals surface area contributed by atoms with Gasteiger partial charge in [-0.2, -0.15) is 0 Å². The third kappa shape index (κ3) is 4.25. The summed E-state index contributed by atoms with van der Waals surface area (Å²) in [6, 6.07) is 12.3. The highest BCUT2D eigenvalue weighted by Gasteiger charge is 2.39. The Bertz CT molecular complexity index is 957. The maximum Gasteiger partial charge on any atom is 0.278 e. The second-order valence-electron chi connectivity index (χ2n) is 7.32. The number of anilines is 1. The van der Waals surface area contributed by atoms with Gasteiger partial charge in [0.2, 0.25) is 0 Å². The quantitative estimate of drug-likeness (QED) is 0.671. The van der Waals surface area contributed by atoms with E-state index in [1.165, 1.54) is 4.90 Å². The normalized spacial score (nSPS) is 13.9. The largest absolute Gasteiger partial charge is 0.497 e. The molecule has 158 valence electrons. The summed E-state index contributed by atoms with van der Waals surface area (Å²) >= 11 is 0. The molecule has 2 amide bonds. The van der Waals surface area contributed by atoms with E-state index in [4.69, 9.17) is 14.2 Å². The highest BCUT2D eigenvalue weighted by atomic mass is 16.5. The molecule has 0 saturated carbocycles. The van der Waals surface area contributed by atoms with Crippen molar-refractivity contribution in [1.82, 2.24) is 4.90 Å². The Morgan fingerprint density at radius 1 is 0.833 bits per heavy atom. The van der Waals surface area contributed by atoms with Crippen molar-refractivity contribution in [2.45, 2.75) is 13.8 Å². The molecule has 30 heavy (non-hydrogen) atoms. The highest BCUT2D eigenvalue weighted by Crippen LogP contribution is 2.33. The Morgan fingerprint density at radius 2 is 1.40 bits per heavy atom. The number of rotatable bonds is 8. The lowest BCUT2D eigenvalue weighted by molar-refractivity contribution is -0.137. The molecule has 1 aliphatic rings. The molecule has 0 radical (unpaired) electrons. The van der Waals surface area contributed by atoms with E-state index in [1.54, 1.807) is 63.8 Å². The summed E-state index contributed by atoms with van der Waals surface area (Å²) in [5.74, 6) is 1.27. The van der Waals surface area contributed by atoms with E-state index in [-0.39, 0.29) is 23.4 Å². The lowest BCUT2D eigenvalue weighted by atomic mass is 10.0. The number of methoxy groups -OCH3 is 3. The standard InChI is InChI=1S/C23H26N2O5/c1-14(2)13-25-22(26)20(15-6-8-17(28-3)9-7-15)21(23(25)27)24-16-10-18(29-4)12-19(11-16)30-5/h6-12,14,24H,13H2,1-5H3. The third-order valence-electron chi connectivity index (χ3n) is 4.72. The van der Waals surface area contributed by atoms with E-state index >= 15 is 0 Å². The minimum Gasteiger partial charge on any atom is -0.497 e. The van der Waals surface area contributed by atoms with Gasteiger partial charge in [0.15, 0.2) is 0 Å². The van der Waals surface area contributed by atoms with Gasteiger partial charge in [-0.25, -0.2) is 0 Å². The zero-order chi connectivity index (χ0) is 21.8. The molecule has 1 heterocycles. The van der Waals surface area contributed by atoms with Crippen molar-refractivity contribution < 1.29 is 23.8 Å². The predicted molar refractivity (Wildman–Crippen MR) is 115 cm³/mol. The van der Waals surface area contributed by atoms with Crippen LogP contribution < -0.4 is 19.5 Å². The number of carbonyl (C=O) groups is 2. The maximum absolute atomic E-state index is 13.2. The fourth-order valence-corrected chi connectivity index (χ4v) is 3.27. The molecule has 0 spiro atoms. The van der Waals surface area contributed by atoms with Crippen molar-refractivity contribution in [3.8, 4) is 17.2 Å².